The highest BCUT2D eigenvalue weighted by Gasteiger charge is 2.32. The molecule has 166 valence electrons. The molecular weight excluding hydrogens is 416 g/mol. The lowest BCUT2D eigenvalue weighted by molar-refractivity contribution is -0.126. The monoisotopic (exact) mass is 444 g/mol. The first-order valence-corrected chi connectivity index (χ1v) is 12.1. The summed E-state index contributed by atoms with van der Waals surface area (Å²) in [5.41, 5.74) is 2.23. The van der Waals surface area contributed by atoms with Gasteiger partial charge in [0.1, 0.15) is 0 Å². The summed E-state index contributed by atoms with van der Waals surface area (Å²) in [7, 11) is -3.65. The second-order valence-electron chi connectivity index (χ2n) is 7.98. The van der Waals surface area contributed by atoms with Gasteiger partial charge in [0.15, 0.2) is 11.5 Å². The summed E-state index contributed by atoms with van der Waals surface area (Å²) in [6.07, 6.45) is 1.77. The van der Waals surface area contributed by atoms with Gasteiger partial charge in [-0.2, -0.15) is 4.31 Å². The van der Waals surface area contributed by atoms with Crippen molar-refractivity contribution in [1.29, 1.82) is 0 Å². The van der Waals surface area contributed by atoms with Crippen molar-refractivity contribution in [2.24, 2.45) is 5.92 Å². The minimum Gasteiger partial charge on any atom is -0.490 e. The van der Waals surface area contributed by atoms with E-state index in [9.17, 15) is 13.2 Å². The molecule has 4 rings (SSSR count). The summed E-state index contributed by atoms with van der Waals surface area (Å²) in [4.78, 5) is 12.8. The molecule has 2 aromatic rings. The number of fused-ring (bicyclic) bond motifs is 1. The van der Waals surface area contributed by atoms with Gasteiger partial charge < -0.3 is 14.8 Å². The smallest absolute Gasteiger partial charge is 0.243 e. The van der Waals surface area contributed by atoms with Gasteiger partial charge in [-0.25, -0.2) is 8.42 Å². The fourth-order valence-corrected chi connectivity index (χ4v) is 5.43. The number of carbonyl (C=O) groups is 1. The van der Waals surface area contributed by atoms with Crippen LogP contribution in [0.25, 0.3) is 0 Å². The Kier molecular flexibility index (Phi) is 6.48. The molecule has 0 spiro atoms. The van der Waals surface area contributed by atoms with Gasteiger partial charge in [0.05, 0.1) is 18.1 Å². The fraction of sp³-hybridized carbons (Fsp3) is 0.435. The molecule has 1 N–H and O–H groups in total. The number of ether oxygens (including phenoxy) is 2. The molecule has 1 amide bonds. The Balaban J connectivity index is 1.36. The van der Waals surface area contributed by atoms with E-state index in [4.69, 9.17) is 9.47 Å². The molecule has 0 atom stereocenters. The number of nitrogens with one attached hydrogen (secondary N) is 1. The molecule has 0 radical (unpaired) electrons. The molecule has 2 aromatic carbocycles. The van der Waals surface area contributed by atoms with Crippen LogP contribution in [0, 0.1) is 12.8 Å². The second-order valence-corrected chi connectivity index (χ2v) is 9.92. The molecule has 8 heteroatoms. The highest BCUT2D eigenvalue weighted by molar-refractivity contribution is 7.89. The van der Waals surface area contributed by atoms with E-state index in [-0.39, 0.29) is 16.7 Å². The lowest BCUT2D eigenvalue weighted by Crippen LogP contribution is -2.42. The van der Waals surface area contributed by atoms with E-state index >= 15 is 0 Å². The average Bonchev–Trinajstić information content (AvgIpc) is 3.03. The van der Waals surface area contributed by atoms with Crippen LogP contribution in [-0.2, 0) is 21.4 Å². The van der Waals surface area contributed by atoms with Gasteiger partial charge in [0, 0.05) is 38.0 Å². The number of carbonyl (C=O) groups excluding carboxylic acids is 1. The summed E-state index contributed by atoms with van der Waals surface area (Å²) in [6.45, 7) is 4.20. The van der Waals surface area contributed by atoms with Crippen molar-refractivity contribution >= 4 is 15.9 Å². The highest BCUT2D eigenvalue weighted by Crippen LogP contribution is 2.33. The number of aryl methyl sites for hydroxylation is 1. The number of nitrogens with zero attached hydrogens (tertiary/aromatic N) is 1. The number of piperidine rings is 1. The topological polar surface area (TPSA) is 84.9 Å². The van der Waals surface area contributed by atoms with Crippen LogP contribution in [0.2, 0.25) is 0 Å². The van der Waals surface area contributed by atoms with Crippen molar-refractivity contribution in [2.75, 3.05) is 26.3 Å². The number of rotatable bonds is 5. The molecule has 1 saturated heterocycles. The molecule has 1 fully saturated rings. The van der Waals surface area contributed by atoms with E-state index < -0.39 is 10.0 Å². The van der Waals surface area contributed by atoms with E-state index in [0.717, 1.165) is 17.5 Å². The molecule has 7 nitrogen and oxygen atoms in total. The van der Waals surface area contributed by atoms with Crippen LogP contribution in [-0.4, -0.2) is 44.9 Å². The molecule has 0 bridgehead atoms. The van der Waals surface area contributed by atoms with Crippen LogP contribution in [0.3, 0.4) is 0 Å². The molecule has 0 aromatic heterocycles. The Hall–Kier alpha value is -2.58. The second kappa shape index (κ2) is 9.28. The third-order valence-corrected chi connectivity index (χ3v) is 7.79. The van der Waals surface area contributed by atoms with E-state index in [2.05, 4.69) is 5.32 Å². The van der Waals surface area contributed by atoms with Crippen molar-refractivity contribution in [1.82, 2.24) is 9.62 Å². The molecular formula is C23H28N2O5S. The van der Waals surface area contributed by atoms with Crippen LogP contribution in [0.15, 0.2) is 47.4 Å². The number of amides is 1. The Morgan fingerprint density at radius 3 is 2.52 bits per heavy atom. The van der Waals surface area contributed by atoms with E-state index in [0.29, 0.717) is 57.2 Å². The van der Waals surface area contributed by atoms with Crippen LogP contribution >= 0.6 is 0 Å². The minimum absolute atomic E-state index is 0.0177. The number of hydrogen-bond acceptors (Lipinski definition) is 5. The van der Waals surface area contributed by atoms with Crippen LogP contribution in [0.4, 0.5) is 0 Å². The van der Waals surface area contributed by atoms with Gasteiger partial charge in [0.2, 0.25) is 15.9 Å². The first-order valence-electron chi connectivity index (χ1n) is 10.7. The summed E-state index contributed by atoms with van der Waals surface area (Å²) in [5.74, 6) is 0.833. The Bertz CT molecular complexity index is 1050. The molecule has 31 heavy (non-hydrogen) atoms. The number of sulfonamides is 1. The van der Waals surface area contributed by atoms with Crippen molar-refractivity contribution in [3.8, 4) is 11.5 Å². The van der Waals surface area contributed by atoms with Gasteiger partial charge in [-0.05, 0) is 43.0 Å². The Morgan fingerprint density at radius 2 is 1.77 bits per heavy atom. The SMILES string of the molecule is Cc1ccccc1CNC(=O)C1CCN(S(=O)(=O)c2ccc3c(c2)OCCCO3)CC1. The van der Waals surface area contributed by atoms with Gasteiger partial charge in [-0.15, -0.1) is 0 Å². The maximum atomic E-state index is 13.1. The molecule has 0 saturated carbocycles. The maximum absolute atomic E-state index is 13.1. The zero-order valence-electron chi connectivity index (χ0n) is 17.7. The summed E-state index contributed by atoms with van der Waals surface area (Å²) >= 11 is 0. The van der Waals surface area contributed by atoms with Crippen molar-refractivity contribution in [3.63, 3.8) is 0 Å². The van der Waals surface area contributed by atoms with E-state index in [1.54, 1.807) is 12.1 Å². The minimum atomic E-state index is -3.65. The Labute approximate surface area is 183 Å². The van der Waals surface area contributed by atoms with Crippen LogP contribution in [0.5, 0.6) is 11.5 Å². The average molecular weight is 445 g/mol. The van der Waals surface area contributed by atoms with Crippen molar-refractivity contribution in [2.45, 2.75) is 37.6 Å². The van der Waals surface area contributed by atoms with Gasteiger partial charge in [0.25, 0.3) is 0 Å². The first-order chi connectivity index (χ1) is 14.9. The number of hydrogen-bond donors (Lipinski definition) is 1. The zero-order valence-corrected chi connectivity index (χ0v) is 18.5. The largest absolute Gasteiger partial charge is 0.490 e. The summed E-state index contributed by atoms with van der Waals surface area (Å²) < 4.78 is 38.9. The van der Waals surface area contributed by atoms with Crippen molar-refractivity contribution in [3.05, 3.63) is 53.6 Å². The number of benzene rings is 2. The first kappa shape index (κ1) is 21.6. The Morgan fingerprint density at radius 1 is 1.06 bits per heavy atom. The maximum Gasteiger partial charge on any atom is 0.243 e. The fourth-order valence-electron chi connectivity index (χ4n) is 3.95. The molecule has 0 unspecified atom stereocenters. The van der Waals surface area contributed by atoms with Crippen LogP contribution in [0.1, 0.15) is 30.4 Å². The third-order valence-electron chi connectivity index (χ3n) is 5.90. The highest BCUT2D eigenvalue weighted by atomic mass is 32.2. The third kappa shape index (κ3) is 4.85. The van der Waals surface area contributed by atoms with Crippen molar-refractivity contribution < 1.29 is 22.7 Å². The molecule has 2 aliphatic heterocycles. The predicted octanol–water partition coefficient (Wildman–Crippen LogP) is 2.87. The molecule has 2 aliphatic rings. The lowest BCUT2D eigenvalue weighted by atomic mass is 9.97. The van der Waals surface area contributed by atoms with E-state index in [1.807, 2.05) is 31.2 Å². The predicted molar refractivity (Wildman–Crippen MR) is 117 cm³/mol. The normalized spacial score (nSPS) is 17.7. The zero-order chi connectivity index (χ0) is 21.8. The molecule has 2 heterocycles. The van der Waals surface area contributed by atoms with E-state index in [1.165, 1.54) is 10.4 Å². The standard InChI is InChI=1S/C23H28N2O5S/c1-17-5-2-3-6-19(17)16-24-23(26)18-9-11-25(12-10-18)31(27,28)20-7-8-21-22(15-20)30-14-4-13-29-21/h2-3,5-8,15,18H,4,9-14,16H2,1H3,(H,24,26). The van der Waals surface area contributed by atoms with Gasteiger partial charge >= 0.3 is 0 Å². The lowest BCUT2D eigenvalue weighted by Gasteiger charge is -2.30. The van der Waals surface area contributed by atoms with Gasteiger partial charge in [-0.3, -0.25) is 4.79 Å². The summed E-state index contributed by atoms with van der Waals surface area (Å²) in [6, 6.07) is 12.7. The van der Waals surface area contributed by atoms with Gasteiger partial charge in [-0.1, -0.05) is 24.3 Å². The van der Waals surface area contributed by atoms with Crippen LogP contribution < -0.4 is 14.8 Å². The summed E-state index contributed by atoms with van der Waals surface area (Å²) in [5, 5.41) is 3.00. The molecule has 0 aliphatic carbocycles. The quantitative estimate of drug-likeness (QED) is 0.767.